The lowest BCUT2D eigenvalue weighted by atomic mass is 9.95. The Morgan fingerprint density at radius 2 is 1.80 bits per heavy atom. The van der Waals surface area contributed by atoms with E-state index in [0.717, 1.165) is 19.1 Å². The van der Waals surface area contributed by atoms with Crippen molar-refractivity contribution in [3.63, 3.8) is 0 Å². The van der Waals surface area contributed by atoms with Crippen LogP contribution in [0.5, 0.6) is 0 Å². The molecular formula is C9H18BrNO3S. The van der Waals surface area contributed by atoms with Crippen LogP contribution in [0.4, 0.5) is 0 Å². The van der Waals surface area contributed by atoms with Gasteiger partial charge in [-0.25, -0.2) is 8.42 Å². The molecule has 0 unspecified atom stereocenters. The molecule has 0 aliphatic rings. The highest BCUT2D eigenvalue weighted by Crippen LogP contribution is 2.17. The third-order valence-corrected chi connectivity index (χ3v) is 4.27. The van der Waals surface area contributed by atoms with Gasteiger partial charge < -0.3 is 5.32 Å². The second-order valence-corrected chi connectivity index (χ2v) is 6.44. The summed E-state index contributed by atoms with van der Waals surface area (Å²) in [6.07, 6.45) is 2.59. The number of nitrogens with one attached hydrogen (secondary N) is 1. The molecular weight excluding hydrogens is 282 g/mol. The standard InChI is InChI=1S/C9H18BrNO3S/c1-4-9(5-2,7-10)11-8(12)6-15(3,13)14/h4-7H2,1-3H3,(H,11,12). The van der Waals surface area contributed by atoms with Crippen LogP contribution in [0.15, 0.2) is 0 Å². The summed E-state index contributed by atoms with van der Waals surface area (Å²) in [6, 6.07) is 0. The van der Waals surface area contributed by atoms with Gasteiger partial charge in [0.15, 0.2) is 9.84 Å². The van der Waals surface area contributed by atoms with E-state index in [2.05, 4.69) is 21.2 Å². The molecule has 0 radical (unpaired) electrons. The molecule has 0 aromatic heterocycles. The third kappa shape index (κ3) is 5.51. The maximum atomic E-state index is 11.4. The Hall–Kier alpha value is -0.100. The molecule has 15 heavy (non-hydrogen) atoms. The van der Waals surface area contributed by atoms with E-state index >= 15 is 0 Å². The molecule has 0 heterocycles. The first-order valence-electron chi connectivity index (χ1n) is 4.83. The van der Waals surface area contributed by atoms with Gasteiger partial charge in [-0.2, -0.15) is 0 Å². The normalized spacial score (nSPS) is 12.5. The summed E-state index contributed by atoms with van der Waals surface area (Å²) in [5.41, 5.74) is -0.332. The van der Waals surface area contributed by atoms with Crippen molar-refractivity contribution in [3.05, 3.63) is 0 Å². The van der Waals surface area contributed by atoms with E-state index in [1.54, 1.807) is 0 Å². The van der Waals surface area contributed by atoms with E-state index in [4.69, 9.17) is 0 Å². The van der Waals surface area contributed by atoms with Gasteiger partial charge in [-0.1, -0.05) is 29.8 Å². The van der Waals surface area contributed by atoms with E-state index in [1.807, 2.05) is 13.8 Å². The smallest absolute Gasteiger partial charge is 0.235 e. The molecule has 0 saturated heterocycles. The summed E-state index contributed by atoms with van der Waals surface area (Å²) < 4.78 is 21.8. The van der Waals surface area contributed by atoms with Crippen LogP contribution in [0.25, 0.3) is 0 Å². The van der Waals surface area contributed by atoms with Gasteiger partial charge in [0.2, 0.25) is 5.91 Å². The Morgan fingerprint density at radius 1 is 1.33 bits per heavy atom. The van der Waals surface area contributed by atoms with E-state index in [0.29, 0.717) is 5.33 Å². The lowest BCUT2D eigenvalue weighted by Gasteiger charge is -2.30. The first-order valence-corrected chi connectivity index (χ1v) is 8.01. The van der Waals surface area contributed by atoms with Crippen LogP contribution in [-0.4, -0.2) is 37.2 Å². The highest BCUT2D eigenvalue weighted by atomic mass is 79.9. The molecule has 0 aromatic rings. The Morgan fingerprint density at radius 3 is 2.07 bits per heavy atom. The van der Waals surface area contributed by atoms with Crippen molar-refractivity contribution in [2.24, 2.45) is 0 Å². The minimum Gasteiger partial charge on any atom is -0.349 e. The molecule has 6 heteroatoms. The van der Waals surface area contributed by atoms with Crippen molar-refractivity contribution in [3.8, 4) is 0 Å². The number of sulfone groups is 1. The Balaban J connectivity index is 4.50. The first kappa shape index (κ1) is 14.9. The van der Waals surface area contributed by atoms with Gasteiger partial charge in [-0.15, -0.1) is 0 Å². The highest BCUT2D eigenvalue weighted by molar-refractivity contribution is 9.09. The molecule has 4 nitrogen and oxygen atoms in total. The summed E-state index contributed by atoms with van der Waals surface area (Å²) >= 11 is 3.34. The van der Waals surface area contributed by atoms with Crippen molar-refractivity contribution < 1.29 is 13.2 Å². The van der Waals surface area contributed by atoms with Crippen LogP contribution >= 0.6 is 15.9 Å². The Kier molecular flexibility index (Phi) is 5.80. The zero-order chi connectivity index (χ0) is 12.1. The molecule has 0 aliphatic heterocycles. The van der Waals surface area contributed by atoms with Gasteiger partial charge in [-0.05, 0) is 12.8 Å². The summed E-state index contributed by atoms with van der Waals surface area (Å²) in [4.78, 5) is 11.4. The average molecular weight is 300 g/mol. The quantitative estimate of drug-likeness (QED) is 0.747. The van der Waals surface area contributed by atoms with Gasteiger partial charge >= 0.3 is 0 Å². The van der Waals surface area contributed by atoms with Gasteiger partial charge in [0.25, 0.3) is 0 Å². The second-order valence-electron chi connectivity index (χ2n) is 3.74. The molecule has 0 bridgehead atoms. The lowest BCUT2D eigenvalue weighted by molar-refractivity contribution is -0.120. The van der Waals surface area contributed by atoms with Gasteiger partial charge in [0, 0.05) is 17.1 Å². The Labute approximate surface area is 99.9 Å². The molecule has 0 aromatic carbocycles. The minimum atomic E-state index is -3.25. The van der Waals surface area contributed by atoms with Crippen LogP contribution in [0.2, 0.25) is 0 Å². The van der Waals surface area contributed by atoms with E-state index < -0.39 is 21.5 Å². The van der Waals surface area contributed by atoms with E-state index in [-0.39, 0.29) is 5.54 Å². The molecule has 1 N–H and O–H groups in total. The number of amides is 1. The van der Waals surface area contributed by atoms with Crippen molar-refractivity contribution >= 4 is 31.7 Å². The lowest BCUT2D eigenvalue weighted by Crippen LogP contribution is -2.50. The fourth-order valence-corrected chi connectivity index (χ4v) is 2.70. The van der Waals surface area contributed by atoms with Crippen molar-refractivity contribution in [2.45, 2.75) is 32.2 Å². The minimum absolute atomic E-state index is 0.332. The summed E-state index contributed by atoms with van der Waals surface area (Å²) in [5.74, 6) is -0.873. The number of rotatable bonds is 6. The molecule has 0 fully saturated rings. The molecule has 0 spiro atoms. The number of hydrogen-bond acceptors (Lipinski definition) is 3. The van der Waals surface area contributed by atoms with Gasteiger partial charge in [0.05, 0.1) is 0 Å². The van der Waals surface area contributed by atoms with E-state index in [1.165, 1.54) is 0 Å². The molecule has 0 aliphatic carbocycles. The maximum absolute atomic E-state index is 11.4. The second kappa shape index (κ2) is 5.84. The van der Waals surface area contributed by atoms with Crippen LogP contribution in [0.3, 0.4) is 0 Å². The monoisotopic (exact) mass is 299 g/mol. The molecule has 0 saturated carbocycles. The van der Waals surface area contributed by atoms with Crippen molar-refractivity contribution in [2.75, 3.05) is 17.3 Å². The van der Waals surface area contributed by atoms with E-state index in [9.17, 15) is 13.2 Å². The predicted molar refractivity (Wildman–Crippen MR) is 65.0 cm³/mol. The Bertz CT molecular complexity index is 301. The first-order chi connectivity index (χ1) is 6.78. The van der Waals surface area contributed by atoms with Crippen LogP contribution < -0.4 is 5.32 Å². The zero-order valence-corrected chi connectivity index (χ0v) is 11.7. The average Bonchev–Trinajstić information content (AvgIpc) is 2.11. The molecule has 1 amide bonds. The molecule has 0 rings (SSSR count). The van der Waals surface area contributed by atoms with Gasteiger partial charge in [0.1, 0.15) is 5.75 Å². The topological polar surface area (TPSA) is 63.2 Å². The van der Waals surface area contributed by atoms with Gasteiger partial charge in [-0.3, -0.25) is 4.79 Å². The van der Waals surface area contributed by atoms with Crippen LogP contribution in [0, 0.1) is 0 Å². The maximum Gasteiger partial charge on any atom is 0.235 e. The fraction of sp³-hybridized carbons (Fsp3) is 0.889. The molecule has 90 valence electrons. The summed E-state index contributed by atoms with van der Waals surface area (Å²) in [6.45, 7) is 3.93. The zero-order valence-electron chi connectivity index (χ0n) is 9.34. The number of carbonyl (C=O) groups excluding carboxylic acids is 1. The van der Waals surface area contributed by atoms with Crippen LogP contribution in [-0.2, 0) is 14.6 Å². The highest BCUT2D eigenvalue weighted by Gasteiger charge is 2.27. The SMILES string of the molecule is CCC(CC)(CBr)NC(=O)CS(C)(=O)=O. The number of alkyl halides is 1. The fourth-order valence-electron chi connectivity index (χ4n) is 1.22. The third-order valence-electron chi connectivity index (χ3n) is 2.41. The molecule has 0 atom stereocenters. The largest absolute Gasteiger partial charge is 0.349 e. The van der Waals surface area contributed by atoms with Crippen molar-refractivity contribution in [1.29, 1.82) is 0 Å². The number of hydrogen-bond donors (Lipinski definition) is 1. The number of halogens is 1. The summed E-state index contributed by atoms with van der Waals surface area (Å²) in [7, 11) is -3.25. The predicted octanol–water partition coefficient (Wildman–Crippen LogP) is 1.10. The van der Waals surface area contributed by atoms with Crippen molar-refractivity contribution in [1.82, 2.24) is 5.32 Å². The summed E-state index contributed by atoms with van der Waals surface area (Å²) in [5, 5.41) is 3.40. The van der Waals surface area contributed by atoms with Crippen LogP contribution in [0.1, 0.15) is 26.7 Å². The number of carbonyl (C=O) groups is 1.